The number of amidine groups is 1. The highest BCUT2D eigenvalue weighted by molar-refractivity contribution is 5.99. The van der Waals surface area contributed by atoms with Gasteiger partial charge in [-0.2, -0.15) is 0 Å². The van der Waals surface area contributed by atoms with Crippen LogP contribution in [0, 0.1) is 18.6 Å². The second-order valence-corrected chi connectivity index (χ2v) is 5.31. The normalized spacial score (nSPS) is 11.9. The van der Waals surface area contributed by atoms with Gasteiger partial charge in [0.15, 0.2) is 11.5 Å². The molecule has 0 N–H and O–H groups in total. The van der Waals surface area contributed by atoms with Gasteiger partial charge in [-0.05, 0) is 36.9 Å². The fourth-order valence-corrected chi connectivity index (χ4v) is 2.49. The van der Waals surface area contributed by atoms with Crippen LogP contribution in [0.25, 0.3) is 5.65 Å². The molecule has 0 atom stereocenters. The first-order chi connectivity index (χ1) is 11.5. The third-order valence-electron chi connectivity index (χ3n) is 3.72. The van der Waals surface area contributed by atoms with Gasteiger partial charge in [0, 0.05) is 32.1 Å². The number of hydrogen-bond donors (Lipinski definition) is 0. The molecule has 0 amide bonds. The van der Waals surface area contributed by atoms with Crippen molar-refractivity contribution in [2.24, 2.45) is 9.98 Å². The zero-order chi connectivity index (χ0) is 17.3. The van der Waals surface area contributed by atoms with E-state index in [9.17, 15) is 8.78 Å². The Bertz CT molecular complexity index is 959. The molecule has 0 aliphatic carbocycles. The molecule has 0 bridgehead atoms. The highest BCUT2D eigenvalue weighted by Crippen LogP contribution is 2.19. The molecule has 0 fully saturated rings. The first kappa shape index (κ1) is 15.9. The van der Waals surface area contributed by atoms with Gasteiger partial charge < -0.3 is 4.40 Å². The van der Waals surface area contributed by atoms with Crippen LogP contribution >= 0.6 is 0 Å². The summed E-state index contributed by atoms with van der Waals surface area (Å²) < 4.78 is 29.7. The number of imidazole rings is 1. The maximum Gasteiger partial charge on any atom is 0.174 e. The Morgan fingerprint density at radius 1 is 1.29 bits per heavy atom. The van der Waals surface area contributed by atoms with Crippen LogP contribution in [0.1, 0.15) is 22.5 Å². The number of aromatic nitrogens is 3. The topological polar surface area (TPSA) is 54.9 Å². The van der Waals surface area contributed by atoms with Crippen molar-refractivity contribution in [3.8, 4) is 0 Å². The summed E-state index contributed by atoms with van der Waals surface area (Å²) >= 11 is 0. The minimum absolute atomic E-state index is 0.103. The molecule has 122 valence electrons. The monoisotopic (exact) mass is 327 g/mol. The molecule has 0 saturated carbocycles. The van der Waals surface area contributed by atoms with Crippen molar-refractivity contribution in [3.63, 3.8) is 0 Å². The van der Waals surface area contributed by atoms with Crippen molar-refractivity contribution < 1.29 is 8.78 Å². The molecular weight excluding hydrogens is 312 g/mol. The smallest absolute Gasteiger partial charge is 0.174 e. The van der Waals surface area contributed by atoms with Crippen LogP contribution in [0.15, 0.2) is 40.7 Å². The van der Waals surface area contributed by atoms with Gasteiger partial charge in [0.2, 0.25) is 0 Å². The lowest BCUT2D eigenvalue weighted by Gasteiger charge is -2.09. The molecule has 5 nitrogen and oxygen atoms in total. The molecule has 2 heterocycles. The average Bonchev–Trinajstić information content (AvgIpc) is 3.02. The molecule has 0 aliphatic rings. The summed E-state index contributed by atoms with van der Waals surface area (Å²) in [4.78, 5) is 16.5. The molecule has 3 aromatic rings. The number of hydrogen-bond acceptors (Lipinski definition) is 3. The van der Waals surface area contributed by atoms with Crippen LogP contribution < -0.4 is 0 Å². The van der Waals surface area contributed by atoms with Crippen molar-refractivity contribution >= 4 is 18.2 Å². The lowest BCUT2D eigenvalue weighted by atomic mass is 10.1. The fraction of sp³-hybridized carbons (Fsp3) is 0.176. The highest BCUT2D eigenvalue weighted by Gasteiger charge is 2.14. The molecule has 0 saturated heterocycles. The molecule has 0 unspecified atom stereocenters. The lowest BCUT2D eigenvalue weighted by molar-refractivity contribution is 0.581. The molecule has 0 radical (unpaired) electrons. The van der Waals surface area contributed by atoms with Gasteiger partial charge in [0.1, 0.15) is 17.3 Å². The molecule has 2 aromatic heterocycles. The molecule has 7 heteroatoms. The molecule has 0 spiro atoms. The average molecular weight is 327 g/mol. The minimum atomic E-state index is -0.475. The minimum Gasteiger partial charge on any atom is -0.303 e. The van der Waals surface area contributed by atoms with Crippen LogP contribution in [0.2, 0.25) is 0 Å². The number of rotatable bonds is 3. The summed E-state index contributed by atoms with van der Waals surface area (Å²) in [6, 6.07) is 2.38. The van der Waals surface area contributed by atoms with E-state index in [-0.39, 0.29) is 17.5 Å². The van der Waals surface area contributed by atoms with Gasteiger partial charge in [0.05, 0.1) is 5.69 Å². The number of aliphatic imine (C=N–C) groups is 2. The second kappa shape index (κ2) is 6.27. The van der Waals surface area contributed by atoms with Crippen LogP contribution in [-0.4, -0.2) is 34.0 Å². The summed E-state index contributed by atoms with van der Waals surface area (Å²) in [5.74, 6) is -0.565. The first-order valence-electron chi connectivity index (χ1n) is 7.24. The Morgan fingerprint density at radius 3 is 2.79 bits per heavy atom. The van der Waals surface area contributed by atoms with E-state index in [0.29, 0.717) is 22.9 Å². The van der Waals surface area contributed by atoms with E-state index in [0.717, 1.165) is 0 Å². The van der Waals surface area contributed by atoms with Crippen LogP contribution in [-0.2, 0) is 6.42 Å². The third-order valence-corrected chi connectivity index (χ3v) is 3.72. The predicted molar refractivity (Wildman–Crippen MR) is 88.9 cm³/mol. The first-order valence-corrected chi connectivity index (χ1v) is 7.24. The third kappa shape index (κ3) is 2.80. The van der Waals surface area contributed by atoms with E-state index in [2.05, 4.69) is 26.7 Å². The molecule has 24 heavy (non-hydrogen) atoms. The van der Waals surface area contributed by atoms with Crippen molar-refractivity contribution in [2.45, 2.75) is 13.3 Å². The standard InChI is InChI=1S/C17H15F2N5/c1-10-6-13(19)11(7-12(10)18)8-14-17-22-4-5-24(17)9-15(23-14)16(20-2)21-3/h4-7,9H,2,8H2,1,3H3. The number of benzene rings is 1. The van der Waals surface area contributed by atoms with Gasteiger partial charge in [-0.1, -0.05) is 0 Å². The van der Waals surface area contributed by atoms with E-state index in [4.69, 9.17) is 0 Å². The van der Waals surface area contributed by atoms with E-state index >= 15 is 0 Å². The largest absolute Gasteiger partial charge is 0.303 e. The van der Waals surface area contributed by atoms with Gasteiger partial charge in [0.25, 0.3) is 0 Å². The Kier molecular flexibility index (Phi) is 4.16. The van der Waals surface area contributed by atoms with Crippen molar-refractivity contribution in [1.29, 1.82) is 0 Å². The zero-order valence-electron chi connectivity index (χ0n) is 13.3. The number of fused-ring (bicyclic) bond motifs is 1. The summed E-state index contributed by atoms with van der Waals surface area (Å²) in [5.41, 5.74) is 2.04. The van der Waals surface area contributed by atoms with Crippen LogP contribution in [0.5, 0.6) is 0 Å². The molecule has 1 aromatic carbocycles. The number of aryl methyl sites for hydroxylation is 1. The molecule has 0 aliphatic heterocycles. The van der Waals surface area contributed by atoms with Crippen molar-refractivity contribution in [2.75, 3.05) is 7.05 Å². The molecule has 3 rings (SSSR count). The number of halogens is 2. The summed E-state index contributed by atoms with van der Waals surface area (Å²) in [6.45, 7) is 4.99. The second-order valence-electron chi connectivity index (χ2n) is 5.31. The van der Waals surface area contributed by atoms with E-state index < -0.39 is 11.6 Å². The maximum atomic E-state index is 14.2. The molecular formula is C17H15F2N5. The van der Waals surface area contributed by atoms with Gasteiger partial charge in [-0.25, -0.2) is 23.7 Å². The van der Waals surface area contributed by atoms with E-state index in [1.807, 2.05) is 0 Å². The summed E-state index contributed by atoms with van der Waals surface area (Å²) in [6.07, 6.45) is 5.17. The lowest BCUT2D eigenvalue weighted by Crippen LogP contribution is -2.08. The van der Waals surface area contributed by atoms with Gasteiger partial charge in [-0.3, -0.25) is 4.99 Å². The Labute approximate surface area is 137 Å². The highest BCUT2D eigenvalue weighted by atomic mass is 19.1. The SMILES string of the molecule is C=NC(=NC)c1cn2ccnc2c(Cc2cc(F)c(C)cc2F)n1. The van der Waals surface area contributed by atoms with E-state index in [1.165, 1.54) is 19.1 Å². The summed E-state index contributed by atoms with van der Waals surface area (Å²) in [5, 5.41) is 0. The summed E-state index contributed by atoms with van der Waals surface area (Å²) in [7, 11) is 1.58. The van der Waals surface area contributed by atoms with Crippen LogP contribution in [0.3, 0.4) is 0 Å². The Balaban J connectivity index is 2.13. The Morgan fingerprint density at radius 2 is 2.08 bits per heavy atom. The quantitative estimate of drug-likeness (QED) is 0.548. The Hall–Kier alpha value is -2.96. The maximum absolute atomic E-state index is 14.2. The van der Waals surface area contributed by atoms with Crippen molar-refractivity contribution in [1.82, 2.24) is 14.4 Å². The van der Waals surface area contributed by atoms with E-state index in [1.54, 1.807) is 30.0 Å². The van der Waals surface area contributed by atoms with Gasteiger partial charge >= 0.3 is 0 Å². The van der Waals surface area contributed by atoms with Crippen molar-refractivity contribution in [3.05, 3.63) is 64.9 Å². The zero-order valence-corrected chi connectivity index (χ0v) is 13.3. The fourth-order valence-electron chi connectivity index (χ4n) is 2.49. The number of nitrogens with zero attached hydrogens (tertiary/aromatic N) is 5. The van der Waals surface area contributed by atoms with Gasteiger partial charge in [-0.15, -0.1) is 0 Å². The van der Waals surface area contributed by atoms with Crippen LogP contribution in [0.4, 0.5) is 8.78 Å². The predicted octanol–water partition coefficient (Wildman–Crippen LogP) is 2.98.